The first kappa shape index (κ1) is 21.7. The van der Waals surface area contributed by atoms with Gasteiger partial charge in [0.15, 0.2) is 0 Å². The van der Waals surface area contributed by atoms with Crippen LogP contribution in [0, 0.1) is 6.92 Å². The van der Waals surface area contributed by atoms with Crippen LogP contribution in [0.15, 0.2) is 54.4 Å². The highest BCUT2D eigenvalue weighted by Crippen LogP contribution is 2.36. The smallest absolute Gasteiger partial charge is 0.278 e. The summed E-state index contributed by atoms with van der Waals surface area (Å²) in [4.78, 5) is 38.0. The zero-order chi connectivity index (χ0) is 22.8. The molecule has 1 saturated heterocycles. The lowest BCUT2D eigenvalue weighted by Gasteiger charge is -2.37. The summed E-state index contributed by atoms with van der Waals surface area (Å²) in [5, 5.41) is 0. The lowest BCUT2D eigenvalue weighted by Crippen LogP contribution is -2.48. The fourth-order valence-electron chi connectivity index (χ4n) is 5.36. The Kier molecular flexibility index (Phi) is 6.16. The quantitative estimate of drug-likeness (QED) is 0.527. The summed E-state index contributed by atoms with van der Waals surface area (Å²) in [7, 11) is 0. The van der Waals surface area contributed by atoms with E-state index in [9.17, 15) is 9.59 Å². The van der Waals surface area contributed by atoms with E-state index in [1.54, 1.807) is 4.90 Å². The predicted molar refractivity (Wildman–Crippen MR) is 129 cm³/mol. The van der Waals surface area contributed by atoms with Crippen molar-refractivity contribution in [2.24, 2.45) is 0 Å². The van der Waals surface area contributed by atoms with E-state index in [1.165, 1.54) is 12.8 Å². The van der Waals surface area contributed by atoms with Crippen molar-refractivity contribution in [3.05, 3.63) is 65.5 Å². The Morgan fingerprint density at radius 1 is 0.788 bits per heavy atom. The van der Waals surface area contributed by atoms with Gasteiger partial charge in [-0.1, -0.05) is 61.6 Å². The minimum absolute atomic E-state index is 0.0141. The molecule has 5 rings (SSSR count). The molecule has 2 aromatic rings. The Labute approximate surface area is 195 Å². The van der Waals surface area contributed by atoms with Crippen molar-refractivity contribution in [1.82, 2.24) is 14.8 Å². The SMILES string of the molecule is Cc1ccc(C2=C(N3CCN(c4ccccn4)CC3)C(=O)N(C3CCCCCC3)C2=O)cc1. The second kappa shape index (κ2) is 9.38. The summed E-state index contributed by atoms with van der Waals surface area (Å²) in [5.41, 5.74) is 3.16. The lowest BCUT2D eigenvalue weighted by atomic mass is 10.0. The molecular weight excluding hydrogens is 412 g/mol. The Morgan fingerprint density at radius 2 is 1.45 bits per heavy atom. The summed E-state index contributed by atoms with van der Waals surface area (Å²) >= 11 is 0. The van der Waals surface area contributed by atoms with Crippen LogP contribution in [0.25, 0.3) is 5.57 Å². The number of imide groups is 1. The molecule has 6 nitrogen and oxygen atoms in total. The summed E-state index contributed by atoms with van der Waals surface area (Å²) < 4.78 is 0. The molecule has 2 fully saturated rings. The molecule has 0 radical (unpaired) electrons. The molecule has 2 amide bonds. The zero-order valence-corrected chi connectivity index (χ0v) is 19.4. The lowest BCUT2D eigenvalue weighted by molar-refractivity contribution is -0.140. The molecule has 3 aliphatic rings. The number of nitrogens with zero attached hydrogens (tertiary/aromatic N) is 4. The molecule has 3 heterocycles. The van der Waals surface area contributed by atoms with Gasteiger partial charge in [0, 0.05) is 38.4 Å². The molecule has 1 aromatic heterocycles. The number of pyridine rings is 1. The van der Waals surface area contributed by atoms with E-state index < -0.39 is 0 Å². The highest BCUT2D eigenvalue weighted by Gasteiger charge is 2.45. The number of anilines is 1. The minimum Gasteiger partial charge on any atom is -0.363 e. The van der Waals surface area contributed by atoms with Crippen LogP contribution in [-0.2, 0) is 9.59 Å². The van der Waals surface area contributed by atoms with E-state index in [0.717, 1.165) is 55.7 Å². The normalized spacial score (nSPS) is 20.6. The highest BCUT2D eigenvalue weighted by atomic mass is 16.2. The number of piperazine rings is 1. The number of benzene rings is 1. The number of carbonyl (C=O) groups is 2. The average Bonchev–Trinajstić information content (AvgIpc) is 3.00. The minimum atomic E-state index is -0.113. The molecule has 0 atom stereocenters. The third-order valence-corrected chi connectivity index (χ3v) is 7.19. The van der Waals surface area contributed by atoms with Crippen LogP contribution in [0.4, 0.5) is 5.82 Å². The number of aromatic nitrogens is 1. The van der Waals surface area contributed by atoms with Gasteiger partial charge in [0.25, 0.3) is 11.8 Å². The Hall–Kier alpha value is -3.15. The number of carbonyl (C=O) groups excluding carboxylic acids is 2. The zero-order valence-electron chi connectivity index (χ0n) is 19.4. The summed E-state index contributed by atoms with van der Waals surface area (Å²) in [6, 6.07) is 14.0. The van der Waals surface area contributed by atoms with Gasteiger partial charge in [-0.2, -0.15) is 0 Å². The Bertz CT molecular complexity index is 1030. The maximum atomic E-state index is 13.8. The van der Waals surface area contributed by atoms with Gasteiger partial charge < -0.3 is 9.80 Å². The molecule has 0 N–H and O–H groups in total. The first-order valence-corrected chi connectivity index (χ1v) is 12.2. The summed E-state index contributed by atoms with van der Waals surface area (Å²) in [5.74, 6) is 0.741. The average molecular weight is 445 g/mol. The number of hydrogen-bond acceptors (Lipinski definition) is 5. The fraction of sp³-hybridized carbons (Fsp3) is 0.444. The van der Waals surface area contributed by atoms with Gasteiger partial charge >= 0.3 is 0 Å². The van der Waals surface area contributed by atoms with Crippen LogP contribution in [0.2, 0.25) is 0 Å². The van der Waals surface area contributed by atoms with Gasteiger partial charge in [0.1, 0.15) is 11.5 Å². The summed E-state index contributed by atoms with van der Waals surface area (Å²) in [6.07, 6.45) is 8.18. The Balaban J connectivity index is 1.45. The molecule has 33 heavy (non-hydrogen) atoms. The van der Waals surface area contributed by atoms with Gasteiger partial charge in [-0.25, -0.2) is 4.98 Å². The second-order valence-corrected chi connectivity index (χ2v) is 9.38. The number of amides is 2. The molecule has 1 saturated carbocycles. The third kappa shape index (κ3) is 4.26. The molecular formula is C27H32N4O2. The van der Waals surface area contributed by atoms with E-state index in [0.29, 0.717) is 24.4 Å². The number of rotatable bonds is 4. The van der Waals surface area contributed by atoms with Crippen LogP contribution < -0.4 is 4.90 Å². The first-order chi connectivity index (χ1) is 16.1. The van der Waals surface area contributed by atoms with E-state index >= 15 is 0 Å². The van der Waals surface area contributed by atoms with Gasteiger partial charge in [0.05, 0.1) is 5.57 Å². The van der Waals surface area contributed by atoms with E-state index in [1.807, 2.05) is 55.6 Å². The topological polar surface area (TPSA) is 56.8 Å². The fourth-order valence-corrected chi connectivity index (χ4v) is 5.36. The molecule has 6 heteroatoms. The first-order valence-electron chi connectivity index (χ1n) is 12.2. The molecule has 1 aromatic carbocycles. The molecule has 1 aliphatic carbocycles. The van der Waals surface area contributed by atoms with Gasteiger partial charge in [-0.05, 0) is 37.5 Å². The largest absolute Gasteiger partial charge is 0.363 e. The molecule has 0 unspecified atom stereocenters. The van der Waals surface area contributed by atoms with Crippen LogP contribution >= 0.6 is 0 Å². The van der Waals surface area contributed by atoms with Crippen molar-refractivity contribution < 1.29 is 9.59 Å². The second-order valence-electron chi connectivity index (χ2n) is 9.38. The predicted octanol–water partition coefficient (Wildman–Crippen LogP) is 4.01. The van der Waals surface area contributed by atoms with Crippen LogP contribution in [-0.4, -0.2) is 58.8 Å². The van der Waals surface area contributed by atoms with Crippen molar-refractivity contribution in [3.63, 3.8) is 0 Å². The standard InChI is InChI=1S/C27H32N4O2/c1-20-11-13-21(14-12-20)24-25(27(33)31(26(24)32)22-8-4-2-3-5-9-22)30-18-16-29(17-19-30)23-10-6-7-15-28-23/h6-7,10-15,22H,2-5,8-9,16-19H2,1H3. The van der Waals surface area contributed by atoms with Crippen LogP contribution in [0.5, 0.6) is 0 Å². The van der Waals surface area contributed by atoms with E-state index in [-0.39, 0.29) is 17.9 Å². The van der Waals surface area contributed by atoms with E-state index in [4.69, 9.17) is 0 Å². The maximum Gasteiger partial charge on any atom is 0.278 e. The molecule has 0 spiro atoms. The number of aryl methyl sites for hydroxylation is 1. The molecule has 2 aliphatic heterocycles. The van der Waals surface area contributed by atoms with Crippen LogP contribution in [0.3, 0.4) is 0 Å². The van der Waals surface area contributed by atoms with Crippen molar-refractivity contribution in [1.29, 1.82) is 0 Å². The molecule has 0 bridgehead atoms. The highest BCUT2D eigenvalue weighted by molar-refractivity contribution is 6.35. The monoisotopic (exact) mass is 444 g/mol. The third-order valence-electron chi connectivity index (χ3n) is 7.19. The van der Waals surface area contributed by atoms with Crippen molar-refractivity contribution >= 4 is 23.2 Å². The molecule has 172 valence electrons. The van der Waals surface area contributed by atoms with Gasteiger partial charge in [0.2, 0.25) is 0 Å². The van der Waals surface area contributed by atoms with Crippen LogP contribution in [0.1, 0.15) is 49.7 Å². The van der Waals surface area contributed by atoms with E-state index in [2.05, 4.69) is 14.8 Å². The van der Waals surface area contributed by atoms with Crippen molar-refractivity contribution in [2.75, 3.05) is 31.1 Å². The summed E-state index contributed by atoms with van der Waals surface area (Å²) in [6.45, 7) is 4.96. The Morgan fingerprint density at radius 3 is 2.09 bits per heavy atom. The van der Waals surface area contributed by atoms with Gasteiger partial charge in [-0.15, -0.1) is 0 Å². The maximum absolute atomic E-state index is 13.8. The van der Waals surface area contributed by atoms with Crippen molar-refractivity contribution in [3.8, 4) is 0 Å². The van der Waals surface area contributed by atoms with Gasteiger partial charge in [-0.3, -0.25) is 14.5 Å². The van der Waals surface area contributed by atoms with Crippen molar-refractivity contribution in [2.45, 2.75) is 51.5 Å². The number of hydrogen-bond donors (Lipinski definition) is 0.